The van der Waals surface area contributed by atoms with Crippen LogP contribution in [0.3, 0.4) is 0 Å². The SMILES string of the molecule is COC(c1ccc(F)cc1)C(C)NC(=O)c1cn[nH]c1-c1ccoc1. The summed E-state index contributed by atoms with van der Waals surface area (Å²) in [6.07, 6.45) is 4.11. The summed E-state index contributed by atoms with van der Waals surface area (Å²) in [5.41, 5.74) is 2.49. The van der Waals surface area contributed by atoms with E-state index in [0.29, 0.717) is 11.3 Å². The van der Waals surface area contributed by atoms with Gasteiger partial charge < -0.3 is 14.5 Å². The lowest BCUT2D eigenvalue weighted by molar-refractivity contribution is 0.0645. The number of benzene rings is 1. The third-order valence-electron chi connectivity index (χ3n) is 3.96. The van der Waals surface area contributed by atoms with E-state index in [-0.39, 0.29) is 17.8 Å². The highest BCUT2D eigenvalue weighted by Crippen LogP contribution is 2.24. The molecule has 130 valence electrons. The molecule has 2 unspecified atom stereocenters. The summed E-state index contributed by atoms with van der Waals surface area (Å²) in [7, 11) is 1.55. The number of methoxy groups -OCH3 is 1. The molecule has 0 bridgehead atoms. The monoisotopic (exact) mass is 343 g/mol. The number of aromatic amines is 1. The van der Waals surface area contributed by atoms with E-state index in [2.05, 4.69) is 15.5 Å². The van der Waals surface area contributed by atoms with Crippen LogP contribution in [-0.2, 0) is 4.74 Å². The van der Waals surface area contributed by atoms with Crippen molar-refractivity contribution < 1.29 is 18.3 Å². The second kappa shape index (κ2) is 7.31. The van der Waals surface area contributed by atoms with Gasteiger partial charge in [-0.3, -0.25) is 9.89 Å². The van der Waals surface area contributed by atoms with Gasteiger partial charge in [-0.15, -0.1) is 0 Å². The molecule has 0 spiro atoms. The molecule has 0 saturated heterocycles. The first-order valence-electron chi connectivity index (χ1n) is 7.75. The average Bonchev–Trinajstić information content (AvgIpc) is 3.28. The number of carbonyl (C=O) groups excluding carboxylic acids is 1. The van der Waals surface area contributed by atoms with Crippen LogP contribution in [0.1, 0.15) is 28.9 Å². The van der Waals surface area contributed by atoms with Crippen LogP contribution in [-0.4, -0.2) is 29.3 Å². The van der Waals surface area contributed by atoms with E-state index >= 15 is 0 Å². The molecule has 1 amide bonds. The fraction of sp³-hybridized carbons (Fsp3) is 0.222. The molecule has 0 saturated carbocycles. The minimum Gasteiger partial charge on any atom is -0.472 e. The Bertz CT molecular complexity index is 828. The molecule has 1 aromatic carbocycles. The molecule has 0 aliphatic heterocycles. The predicted octanol–water partition coefficient (Wildman–Crippen LogP) is 3.31. The second-order valence-corrected chi connectivity index (χ2v) is 5.64. The van der Waals surface area contributed by atoms with Crippen LogP contribution in [0.4, 0.5) is 4.39 Å². The molecule has 3 aromatic rings. The van der Waals surface area contributed by atoms with Gasteiger partial charge in [0, 0.05) is 12.7 Å². The van der Waals surface area contributed by atoms with Gasteiger partial charge in [0.15, 0.2) is 0 Å². The summed E-state index contributed by atoms with van der Waals surface area (Å²) in [4.78, 5) is 12.6. The second-order valence-electron chi connectivity index (χ2n) is 5.64. The first-order valence-corrected chi connectivity index (χ1v) is 7.75. The number of rotatable bonds is 6. The summed E-state index contributed by atoms with van der Waals surface area (Å²) in [6, 6.07) is 7.41. The maximum Gasteiger partial charge on any atom is 0.255 e. The number of amides is 1. The zero-order valence-electron chi connectivity index (χ0n) is 13.8. The minimum atomic E-state index is -0.408. The first kappa shape index (κ1) is 16.9. The molecule has 7 heteroatoms. The lowest BCUT2D eigenvalue weighted by atomic mass is 10.0. The molecule has 0 aliphatic rings. The smallest absolute Gasteiger partial charge is 0.255 e. The zero-order chi connectivity index (χ0) is 17.8. The van der Waals surface area contributed by atoms with Crippen LogP contribution in [0, 0.1) is 5.82 Å². The number of furan rings is 1. The van der Waals surface area contributed by atoms with Crippen molar-refractivity contribution in [3.63, 3.8) is 0 Å². The first-order chi connectivity index (χ1) is 12.1. The van der Waals surface area contributed by atoms with Crippen molar-refractivity contribution >= 4 is 5.91 Å². The number of hydrogen-bond acceptors (Lipinski definition) is 4. The van der Waals surface area contributed by atoms with Crippen LogP contribution in [0.25, 0.3) is 11.3 Å². The molecule has 0 aliphatic carbocycles. The Balaban J connectivity index is 1.76. The number of nitrogens with one attached hydrogen (secondary N) is 2. The van der Waals surface area contributed by atoms with Gasteiger partial charge >= 0.3 is 0 Å². The molecular weight excluding hydrogens is 325 g/mol. The van der Waals surface area contributed by atoms with Crippen molar-refractivity contribution in [2.45, 2.75) is 19.1 Å². The summed E-state index contributed by atoms with van der Waals surface area (Å²) in [5.74, 6) is -0.611. The van der Waals surface area contributed by atoms with E-state index in [4.69, 9.17) is 9.15 Å². The van der Waals surface area contributed by atoms with Crippen molar-refractivity contribution in [3.05, 3.63) is 66.0 Å². The van der Waals surface area contributed by atoms with E-state index in [0.717, 1.165) is 11.1 Å². The van der Waals surface area contributed by atoms with Crippen LogP contribution in [0.15, 0.2) is 53.5 Å². The maximum absolute atomic E-state index is 13.1. The molecular formula is C18H18FN3O3. The van der Waals surface area contributed by atoms with Crippen LogP contribution in [0.5, 0.6) is 0 Å². The molecule has 0 fully saturated rings. The number of ether oxygens (including phenoxy) is 1. The number of halogens is 1. The fourth-order valence-corrected chi connectivity index (χ4v) is 2.73. The Morgan fingerprint density at radius 1 is 1.32 bits per heavy atom. The third kappa shape index (κ3) is 3.61. The number of aromatic nitrogens is 2. The zero-order valence-corrected chi connectivity index (χ0v) is 13.8. The van der Waals surface area contributed by atoms with E-state index in [1.54, 1.807) is 25.3 Å². The van der Waals surface area contributed by atoms with Crippen molar-refractivity contribution in [3.8, 4) is 11.3 Å². The quantitative estimate of drug-likeness (QED) is 0.719. The highest BCUT2D eigenvalue weighted by molar-refractivity contribution is 5.99. The Morgan fingerprint density at radius 2 is 2.08 bits per heavy atom. The largest absolute Gasteiger partial charge is 0.472 e. The third-order valence-corrected chi connectivity index (χ3v) is 3.96. The summed E-state index contributed by atoms with van der Waals surface area (Å²) in [5, 5.41) is 9.64. The highest BCUT2D eigenvalue weighted by atomic mass is 19.1. The summed E-state index contributed by atoms with van der Waals surface area (Å²) in [6.45, 7) is 1.83. The van der Waals surface area contributed by atoms with Crippen molar-refractivity contribution in [2.24, 2.45) is 0 Å². The molecule has 6 nitrogen and oxygen atoms in total. The van der Waals surface area contributed by atoms with Gasteiger partial charge in [-0.25, -0.2) is 4.39 Å². The van der Waals surface area contributed by atoms with E-state index < -0.39 is 6.10 Å². The fourth-order valence-electron chi connectivity index (χ4n) is 2.73. The Labute approximate surface area is 144 Å². The number of hydrogen-bond donors (Lipinski definition) is 2. The van der Waals surface area contributed by atoms with Crippen molar-refractivity contribution in [1.29, 1.82) is 0 Å². The van der Waals surface area contributed by atoms with Gasteiger partial charge in [-0.2, -0.15) is 5.10 Å². The van der Waals surface area contributed by atoms with Crippen molar-refractivity contribution in [1.82, 2.24) is 15.5 Å². The molecule has 2 N–H and O–H groups in total. The minimum absolute atomic E-state index is 0.290. The number of H-pyrrole nitrogens is 1. The number of nitrogens with zero attached hydrogens (tertiary/aromatic N) is 1. The summed E-state index contributed by atoms with van der Waals surface area (Å²) < 4.78 is 23.6. The maximum atomic E-state index is 13.1. The predicted molar refractivity (Wildman–Crippen MR) is 89.4 cm³/mol. The normalized spacial score (nSPS) is 13.4. The van der Waals surface area contributed by atoms with E-state index in [1.807, 2.05) is 6.92 Å². The Morgan fingerprint density at radius 3 is 2.72 bits per heavy atom. The molecule has 2 heterocycles. The highest BCUT2D eigenvalue weighted by Gasteiger charge is 2.23. The lowest BCUT2D eigenvalue weighted by Crippen LogP contribution is -2.37. The van der Waals surface area contributed by atoms with Gasteiger partial charge in [-0.05, 0) is 30.7 Å². The lowest BCUT2D eigenvalue weighted by Gasteiger charge is -2.24. The average molecular weight is 343 g/mol. The van der Waals surface area contributed by atoms with Crippen molar-refractivity contribution in [2.75, 3.05) is 7.11 Å². The van der Waals surface area contributed by atoms with E-state index in [9.17, 15) is 9.18 Å². The molecule has 3 rings (SSSR count). The van der Waals surface area contributed by atoms with Crippen LogP contribution in [0.2, 0.25) is 0 Å². The molecule has 0 radical (unpaired) electrons. The van der Waals surface area contributed by atoms with Gasteiger partial charge in [0.25, 0.3) is 5.91 Å². The summed E-state index contributed by atoms with van der Waals surface area (Å²) >= 11 is 0. The Hall–Kier alpha value is -2.93. The molecule has 2 atom stereocenters. The van der Waals surface area contributed by atoms with Gasteiger partial charge in [0.1, 0.15) is 11.9 Å². The molecule has 25 heavy (non-hydrogen) atoms. The van der Waals surface area contributed by atoms with Crippen LogP contribution >= 0.6 is 0 Å². The van der Waals surface area contributed by atoms with Gasteiger partial charge in [0.05, 0.1) is 36.0 Å². The topological polar surface area (TPSA) is 80.1 Å². The van der Waals surface area contributed by atoms with E-state index in [1.165, 1.54) is 30.9 Å². The van der Waals surface area contributed by atoms with Gasteiger partial charge in [0.2, 0.25) is 0 Å². The molecule has 2 aromatic heterocycles. The van der Waals surface area contributed by atoms with Gasteiger partial charge in [-0.1, -0.05) is 12.1 Å². The Kier molecular flexibility index (Phi) is 4.95. The standard InChI is InChI=1S/C18H18FN3O3/c1-11(17(24-2)12-3-5-14(19)6-4-12)21-18(23)15-9-20-22-16(15)13-7-8-25-10-13/h3-11,17H,1-2H3,(H,20,22)(H,21,23). The number of carbonyl (C=O) groups is 1. The van der Waals surface area contributed by atoms with Crippen LogP contribution < -0.4 is 5.32 Å².